The summed E-state index contributed by atoms with van der Waals surface area (Å²) in [5.74, 6) is 1.59. The molecule has 0 saturated heterocycles. The lowest BCUT2D eigenvalue weighted by atomic mass is 9.92. The van der Waals surface area contributed by atoms with Crippen LogP contribution in [0.1, 0.15) is 36.1 Å². The summed E-state index contributed by atoms with van der Waals surface area (Å²) in [6, 6.07) is 9.45. The zero-order valence-electron chi connectivity index (χ0n) is 15.9. The quantitative estimate of drug-likeness (QED) is 0.897. The van der Waals surface area contributed by atoms with E-state index in [0.717, 1.165) is 22.3 Å². The van der Waals surface area contributed by atoms with Crippen LogP contribution in [0.4, 0.5) is 0 Å². The fourth-order valence-corrected chi connectivity index (χ4v) is 3.70. The van der Waals surface area contributed by atoms with Gasteiger partial charge in [0.1, 0.15) is 0 Å². The number of rotatable bonds is 4. The van der Waals surface area contributed by atoms with Gasteiger partial charge in [-0.2, -0.15) is 5.26 Å². The lowest BCUT2D eigenvalue weighted by Crippen LogP contribution is -2.26. The third-order valence-electron chi connectivity index (χ3n) is 4.82. The monoisotopic (exact) mass is 366 g/mol. The smallest absolute Gasteiger partial charge is 0.217 e. The standard InChI is InChI=1S/C21H22N2O4/c1-12(24)23-17-8-6-14-10-18(25-2)20(26-3)21(27-4)19(14)15-7-5-13(11-22)9-16(15)17/h5,7,9-10,17H,6,8H2,1-4H3,(H,23,24)/t17-/m0/s1. The molecule has 0 aromatic heterocycles. The summed E-state index contributed by atoms with van der Waals surface area (Å²) in [5.41, 5.74) is 4.31. The van der Waals surface area contributed by atoms with E-state index in [1.165, 1.54) is 6.92 Å². The third kappa shape index (κ3) is 3.28. The SMILES string of the molecule is COc1cc2c(c(OC)c1OC)-c1ccc(C#N)cc1[C@@H](NC(C)=O)CC2. The van der Waals surface area contributed by atoms with E-state index in [2.05, 4.69) is 11.4 Å². The van der Waals surface area contributed by atoms with Crippen LogP contribution in [0.2, 0.25) is 0 Å². The van der Waals surface area contributed by atoms with E-state index in [1.54, 1.807) is 27.4 Å². The number of methoxy groups -OCH3 is 3. The Bertz CT molecular complexity index is 931. The molecule has 1 amide bonds. The van der Waals surface area contributed by atoms with Crippen molar-refractivity contribution in [2.24, 2.45) is 0 Å². The number of benzene rings is 2. The molecule has 0 unspecified atom stereocenters. The van der Waals surface area contributed by atoms with E-state index >= 15 is 0 Å². The number of ether oxygens (including phenoxy) is 3. The van der Waals surface area contributed by atoms with Crippen LogP contribution >= 0.6 is 0 Å². The lowest BCUT2D eigenvalue weighted by Gasteiger charge is -2.21. The van der Waals surface area contributed by atoms with Gasteiger partial charge >= 0.3 is 0 Å². The number of hydrogen-bond donors (Lipinski definition) is 1. The topological polar surface area (TPSA) is 80.6 Å². The number of nitrogens with zero attached hydrogens (tertiary/aromatic N) is 1. The molecule has 3 rings (SSSR count). The molecule has 1 aliphatic rings. The normalized spacial score (nSPS) is 14.9. The van der Waals surface area contributed by atoms with E-state index in [4.69, 9.17) is 14.2 Å². The number of fused-ring (bicyclic) bond motifs is 3. The minimum atomic E-state index is -0.195. The molecule has 0 fully saturated rings. The number of aryl methyl sites for hydroxylation is 1. The summed E-state index contributed by atoms with van der Waals surface area (Å²) >= 11 is 0. The Balaban J connectivity index is 2.33. The zero-order valence-corrected chi connectivity index (χ0v) is 15.9. The van der Waals surface area contributed by atoms with Crippen LogP contribution < -0.4 is 19.5 Å². The minimum absolute atomic E-state index is 0.110. The molecule has 0 bridgehead atoms. The van der Waals surface area contributed by atoms with Crippen LogP contribution in [0.25, 0.3) is 11.1 Å². The van der Waals surface area contributed by atoms with Gasteiger partial charge in [0.25, 0.3) is 0 Å². The maximum Gasteiger partial charge on any atom is 0.217 e. The Morgan fingerprint density at radius 3 is 2.48 bits per heavy atom. The summed E-state index contributed by atoms with van der Waals surface area (Å²) < 4.78 is 16.7. The Labute approximate surface area is 158 Å². The van der Waals surface area contributed by atoms with E-state index in [0.29, 0.717) is 35.7 Å². The van der Waals surface area contributed by atoms with E-state index in [1.807, 2.05) is 18.2 Å². The molecule has 0 saturated carbocycles. The molecular formula is C21H22N2O4. The van der Waals surface area contributed by atoms with Crippen LogP contribution in [-0.4, -0.2) is 27.2 Å². The first kappa shape index (κ1) is 18.6. The largest absolute Gasteiger partial charge is 0.493 e. The van der Waals surface area contributed by atoms with Crippen LogP contribution in [0.3, 0.4) is 0 Å². The summed E-state index contributed by atoms with van der Waals surface area (Å²) in [7, 11) is 4.76. The Hall–Kier alpha value is -3.20. The molecule has 6 nitrogen and oxygen atoms in total. The molecule has 0 heterocycles. The fraction of sp³-hybridized carbons (Fsp3) is 0.333. The molecule has 0 radical (unpaired) electrons. The molecular weight excluding hydrogens is 344 g/mol. The second-order valence-electron chi connectivity index (χ2n) is 6.39. The average Bonchev–Trinajstić information content (AvgIpc) is 2.82. The number of amides is 1. The van der Waals surface area contributed by atoms with Crippen molar-refractivity contribution in [1.82, 2.24) is 5.32 Å². The fourth-order valence-electron chi connectivity index (χ4n) is 3.70. The van der Waals surface area contributed by atoms with Crippen molar-refractivity contribution in [3.63, 3.8) is 0 Å². The van der Waals surface area contributed by atoms with Crippen molar-refractivity contribution in [2.45, 2.75) is 25.8 Å². The second kappa shape index (κ2) is 7.58. The highest BCUT2D eigenvalue weighted by Crippen LogP contribution is 2.50. The third-order valence-corrected chi connectivity index (χ3v) is 4.82. The van der Waals surface area contributed by atoms with Crippen molar-refractivity contribution >= 4 is 5.91 Å². The number of nitriles is 1. The van der Waals surface area contributed by atoms with Gasteiger partial charge in [-0.3, -0.25) is 4.79 Å². The molecule has 0 aliphatic heterocycles. The van der Waals surface area contributed by atoms with E-state index in [-0.39, 0.29) is 11.9 Å². The molecule has 1 atom stereocenters. The van der Waals surface area contributed by atoms with Crippen molar-refractivity contribution in [3.8, 4) is 34.4 Å². The van der Waals surface area contributed by atoms with Gasteiger partial charge in [0.05, 0.1) is 39.0 Å². The molecule has 2 aromatic rings. The second-order valence-corrected chi connectivity index (χ2v) is 6.39. The van der Waals surface area contributed by atoms with Gasteiger partial charge in [0, 0.05) is 12.5 Å². The first-order valence-corrected chi connectivity index (χ1v) is 8.67. The number of carbonyl (C=O) groups is 1. The zero-order chi connectivity index (χ0) is 19.6. The van der Waals surface area contributed by atoms with Crippen molar-refractivity contribution in [2.75, 3.05) is 21.3 Å². The van der Waals surface area contributed by atoms with Crippen molar-refractivity contribution < 1.29 is 19.0 Å². The van der Waals surface area contributed by atoms with E-state index < -0.39 is 0 Å². The van der Waals surface area contributed by atoms with Crippen LogP contribution in [0, 0.1) is 11.3 Å². The first-order chi connectivity index (χ1) is 13.0. The molecule has 1 N–H and O–H groups in total. The molecule has 1 aliphatic carbocycles. The maximum atomic E-state index is 11.7. The van der Waals surface area contributed by atoms with Gasteiger partial charge < -0.3 is 19.5 Å². The summed E-state index contributed by atoms with van der Waals surface area (Å²) in [6.45, 7) is 1.50. The number of nitrogens with one attached hydrogen (secondary N) is 1. The Morgan fingerprint density at radius 2 is 1.89 bits per heavy atom. The van der Waals surface area contributed by atoms with Gasteiger partial charge in [-0.1, -0.05) is 6.07 Å². The van der Waals surface area contributed by atoms with Gasteiger partial charge in [-0.25, -0.2) is 0 Å². The summed E-state index contributed by atoms with van der Waals surface area (Å²) in [4.78, 5) is 11.7. The van der Waals surface area contributed by atoms with Gasteiger partial charge in [0.15, 0.2) is 11.5 Å². The highest BCUT2D eigenvalue weighted by Gasteiger charge is 2.29. The molecule has 2 aromatic carbocycles. The molecule has 140 valence electrons. The minimum Gasteiger partial charge on any atom is -0.493 e. The average molecular weight is 366 g/mol. The maximum absolute atomic E-state index is 11.7. The summed E-state index contributed by atoms with van der Waals surface area (Å²) in [6.07, 6.45) is 1.42. The van der Waals surface area contributed by atoms with Gasteiger partial charge in [0.2, 0.25) is 11.7 Å². The molecule has 6 heteroatoms. The van der Waals surface area contributed by atoms with Gasteiger partial charge in [-0.05, 0) is 47.7 Å². The van der Waals surface area contributed by atoms with E-state index in [9.17, 15) is 10.1 Å². The lowest BCUT2D eigenvalue weighted by molar-refractivity contribution is -0.119. The number of hydrogen-bond acceptors (Lipinski definition) is 5. The molecule has 0 spiro atoms. The predicted molar refractivity (Wildman–Crippen MR) is 101 cm³/mol. The van der Waals surface area contributed by atoms with Crippen LogP contribution in [0.5, 0.6) is 17.2 Å². The first-order valence-electron chi connectivity index (χ1n) is 8.67. The predicted octanol–water partition coefficient (Wildman–Crippen LogP) is 3.37. The van der Waals surface area contributed by atoms with Crippen LogP contribution in [-0.2, 0) is 11.2 Å². The van der Waals surface area contributed by atoms with Crippen molar-refractivity contribution in [1.29, 1.82) is 5.26 Å². The highest BCUT2D eigenvalue weighted by molar-refractivity contribution is 5.84. The van der Waals surface area contributed by atoms with Gasteiger partial charge in [-0.15, -0.1) is 0 Å². The number of carbonyl (C=O) groups excluding carboxylic acids is 1. The molecule has 27 heavy (non-hydrogen) atoms. The summed E-state index contributed by atoms with van der Waals surface area (Å²) in [5, 5.41) is 12.3. The van der Waals surface area contributed by atoms with Crippen LogP contribution in [0.15, 0.2) is 24.3 Å². The Morgan fingerprint density at radius 1 is 1.15 bits per heavy atom. The highest BCUT2D eigenvalue weighted by atomic mass is 16.5. The Kier molecular flexibility index (Phi) is 5.22. The van der Waals surface area contributed by atoms with Crippen molar-refractivity contribution in [3.05, 3.63) is 41.0 Å².